The highest BCUT2D eigenvalue weighted by atomic mass is 32.2. The number of fused-ring (bicyclic) bond motifs is 1. The van der Waals surface area contributed by atoms with Crippen molar-refractivity contribution in [1.29, 1.82) is 0 Å². The third-order valence-electron chi connectivity index (χ3n) is 4.05. The Balaban J connectivity index is 1.89. The van der Waals surface area contributed by atoms with Crippen LogP contribution in [0.2, 0.25) is 0 Å². The lowest BCUT2D eigenvalue weighted by Gasteiger charge is -2.26. The molecule has 0 bridgehead atoms. The Kier molecular flexibility index (Phi) is 4.04. The molecule has 1 aromatic heterocycles. The SMILES string of the molecule is Cc1cn2c(n1)CCC(Nc1ccc([N+](=O)[O-])cc1S(C)(=O)=O)C2. The summed E-state index contributed by atoms with van der Waals surface area (Å²) in [5.41, 5.74) is 1.11. The summed E-state index contributed by atoms with van der Waals surface area (Å²) in [5.74, 6) is 1.03. The maximum atomic E-state index is 12.0. The van der Waals surface area contributed by atoms with Crippen molar-refractivity contribution < 1.29 is 13.3 Å². The van der Waals surface area contributed by atoms with E-state index in [4.69, 9.17) is 0 Å². The van der Waals surface area contributed by atoms with Crippen molar-refractivity contribution in [2.45, 2.75) is 37.2 Å². The quantitative estimate of drug-likeness (QED) is 0.667. The molecule has 24 heavy (non-hydrogen) atoms. The Morgan fingerprint density at radius 1 is 1.42 bits per heavy atom. The van der Waals surface area contributed by atoms with E-state index in [9.17, 15) is 18.5 Å². The minimum absolute atomic E-state index is 0.0352. The first-order valence-electron chi connectivity index (χ1n) is 7.52. The Bertz CT molecular complexity index is 904. The van der Waals surface area contributed by atoms with Crippen molar-refractivity contribution in [3.63, 3.8) is 0 Å². The number of benzene rings is 1. The van der Waals surface area contributed by atoms with Crippen LogP contribution in [0, 0.1) is 17.0 Å². The molecule has 0 amide bonds. The molecule has 0 spiro atoms. The van der Waals surface area contributed by atoms with E-state index in [0.717, 1.165) is 36.7 Å². The van der Waals surface area contributed by atoms with Gasteiger partial charge in [-0.3, -0.25) is 10.1 Å². The average molecular weight is 350 g/mol. The molecule has 1 unspecified atom stereocenters. The van der Waals surface area contributed by atoms with Gasteiger partial charge >= 0.3 is 0 Å². The Labute approximate surface area is 139 Å². The normalized spacial score (nSPS) is 17.3. The van der Waals surface area contributed by atoms with E-state index in [2.05, 4.69) is 14.9 Å². The second kappa shape index (κ2) is 5.90. The number of nitrogens with one attached hydrogen (secondary N) is 1. The molecule has 0 fully saturated rings. The molecule has 1 aromatic carbocycles. The van der Waals surface area contributed by atoms with Gasteiger partial charge in [0.2, 0.25) is 0 Å². The van der Waals surface area contributed by atoms with E-state index in [0.29, 0.717) is 12.2 Å². The standard InChI is InChI=1S/C15H18N4O4S/c1-10-8-18-9-11(3-6-15(18)16-10)17-13-5-4-12(19(20)21)7-14(13)24(2,22)23/h4-5,7-8,11,17H,3,6,9H2,1-2H3. The van der Waals surface area contributed by atoms with E-state index in [-0.39, 0.29) is 16.6 Å². The molecule has 2 heterocycles. The first kappa shape index (κ1) is 16.4. The Morgan fingerprint density at radius 3 is 2.83 bits per heavy atom. The fraction of sp³-hybridized carbons (Fsp3) is 0.400. The molecule has 9 heteroatoms. The minimum Gasteiger partial charge on any atom is -0.379 e. The zero-order valence-corrected chi connectivity index (χ0v) is 14.2. The van der Waals surface area contributed by atoms with Crippen LogP contribution < -0.4 is 5.32 Å². The van der Waals surface area contributed by atoms with E-state index >= 15 is 0 Å². The number of nitrogens with zero attached hydrogens (tertiary/aromatic N) is 3. The maximum absolute atomic E-state index is 12.0. The van der Waals surface area contributed by atoms with Crippen LogP contribution in [0.4, 0.5) is 11.4 Å². The van der Waals surface area contributed by atoms with Gasteiger partial charge in [0.25, 0.3) is 5.69 Å². The zero-order valence-electron chi connectivity index (χ0n) is 13.4. The van der Waals surface area contributed by atoms with E-state index in [1.54, 1.807) is 0 Å². The van der Waals surface area contributed by atoms with Gasteiger partial charge in [0.1, 0.15) is 5.82 Å². The van der Waals surface area contributed by atoms with E-state index in [1.165, 1.54) is 12.1 Å². The number of aromatic nitrogens is 2. The van der Waals surface area contributed by atoms with Crippen LogP contribution in [0.1, 0.15) is 17.9 Å². The molecule has 0 saturated carbocycles. The molecule has 1 aliphatic heterocycles. The average Bonchev–Trinajstić information content (AvgIpc) is 2.85. The van der Waals surface area contributed by atoms with Gasteiger partial charge < -0.3 is 9.88 Å². The summed E-state index contributed by atoms with van der Waals surface area (Å²) in [6.07, 6.45) is 4.63. The van der Waals surface area contributed by atoms with Gasteiger partial charge in [0.15, 0.2) is 9.84 Å². The highest BCUT2D eigenvalue weighted by molar-refractivity contribution is 7.90. The van der Waals surface area contributed by atoms with Crippen LogP contribution in [0.5, 0.6) is 0 Å². The molecule has 1 aliphatic rings. The molecule has 0 aliphatic carbocycles. The molecular formula is C15H18N4O4S. The second-order valence-electron chi connectivity index (χ2n) is 6.04. The molecule has 1 N–H and O–H groups in total. The van der Waals surface area contributed by atoms with Gasteiger partial charge in [-0.1, -0.05) is 0 Å². The van der Waals surface area contributed by atoms with Crippen molar-refractivity contribution in [2.24, 2.45) is 0 Å². The highest BCUT2D eigenvalue weighted by Gasteiger charge is 2.23. The fourth-order valence-electron chi connectivity index (χ4n) is 2.97. The van der Waals surface area contributed by atoms with Crippen LogP contribution in [0.25, 0.3) is 0 Å². The number of hydrogen-bond acceptors (Lipinski definition) is 6. The predicted octanol–water partition coefficient (Wildman–Crippen LogP) is 1.93. The van der Waals surface area contributed by atoms with Crippen molar-refractivity contribution in [3.8, 4) is 0 Å². The van der Waals surface area contributed by atoms with E-state index in [1.807, 2.05) is 13.1 Å². The van der Waals surface area contributed by atoms with Crippen LogP contribution in [0.3, 0.4) is 0 Å². The molecule has 0 saturated heterocycles. The zero-order chi connectivity index (χ0) is 17.5. The third-order valence-corrected chi connectivity index (χ3v) is 5.18. The number of imidazole rings is 1. The molecule has 0 radical (unpaired) electrons. The molecular weight excluding hydrogens is 332 g/mol. The summed E-state index contributed by atoms with van der Waals surface area (Å²) in [4.78, 5) is 14.7. The van der Waals surface area contributed by atoms with E-state index < -0.39 is 14.8 Å². The number of nitro groups is 1. The van der Waals surface area contributed by atoms with Gasteiger partial charge in [-0.25, -0.2) is 13.4 Å². The van der Waals surface area contributed by atoms with Crippen molar-refractivity contribution >= 4 is 21.2 Å². The Morgan fingerprint density at radius 2 is 2.17 bits per heavy atom. The monoisotopic (exact) mass is 350 g/mol. The number of rotatable bonds is 4. The first-order valence-corrected chi connectivity index (χ1v) is 9.41. The highest BCUT2D eigenvalue weighted by Crippen LogP contribution is 2.28. The van der Waals surface area contributed by atoms with Crippen LogP contribution in [-0.2, 0) is 22.8 Å². The van der Waals surface area contributed by atoms with Gasteiger partial charge in [0.05, 0.1) is 21.2 Å². The molecule has 2 aromatic rings. The summed E-state index contributed by atoms with van der Waals surface area (Å²) in [7, 11) is -3.58. The molecule has 8 nitrogen and oxygen atoms in total. The van der Waals surface area contributed by atoms with Crippen molar-refractivity contribution in [3.05, 3.63) is 46.0 Å². The lowest BCUT2D eigenvalue weighted by atomic mass is 10.1. The van der Waals surface area contributed by atoms with Crippen LogP contribution in [0.15, 0.2) is 29.3 Å². The van der Waals surface area contributed by atoms with Gasteiger partial charge in [-0.05, 0) is 19.4 Å². The summed E-state index contributed by atoms with van der Waals surface area (Å²) in [6, 6.07) is 3.91. The van der Waals surface area contributed by atoms with Crippen molar-refractivity contribution in [2.75, 3.05) is 11.6 Å². The van der Waals surface area contributed by atoms with Crippen molar-refractivity contribution in [1.82, 2.24) is 9.55 Å². The summed E-state index contributed by atoms with van der Waals surface area (Å²) < 4.78 is 26.0. The smallest absolute Gasteiger partial charge is 0.270 e. The number of nitro benzene ring substituents is 1. The fourth-order valence-corrected chi connectivity index (χ4v) is 3.84. The topological polar surface area (TPSA) is 107 Å². The lowest BCUT2D eigenvalue weighted by molar-refractivity contribution is -0.385. The van der Waals surface area contributed by atoms with Gasteiger partial charge in [0, 0.05) is 43.6 Å². The molecule has 3 rings (SSSR count). The Hall–Kier alpha value is -2.42. The molecule has 128 valence electrons. The predicted molar refractivity (Wildman–Crippen MR) is 88.9 cm³/mol. The third kappa shape index (κ3) is 3.25. The van der Waals surface area contributed by atoms with Gasteiger partial charge in [-0.15, -0.1) is 0 Å². The lowest BCUT2D eigenvalue weighted by Crippen LogP contribution is -2.31. The number of hydrogen-bond donors (Lipinski definition) is 1. The summed E-state index contributed by atoms with van der Waals surface area (Å²) in [5, 5.41) is 14.1. The van der Waals surface area contributed by atoms with Gasteiger partial charge in [-0.2, -0.15) is 0 Å². The summed E-state index contributed by atoms with van der Waals surface area (Å²) in [6.45, 7) is 2.61. The van der Waals surface area contributed by atoms with Crippen LogP contribution >= 0.6 is 0 Å². The minimum atomic E-state index is -3.58. The summed E-state index contributed by atoms with van der Waals surface area (Å²) >= 11 is 0. The number of non-ortho nitro benzene ring substituents is 1. The molecule has 1 atom stereocenters. The largest absolute Gasteiger partial charge is 0.379 e. The van der Waals surface area contributed by atoms with Crippen LogP contribution in [-0.4, -0.2) is 35.2 Å². The number of anilines is 1. The second-order valence-corrected chi connectivity index (χ2v) is 8.02. The maximum Gasteiger partial charge on any atom is 0.270 e. The first-order chi connectivity index (χ1) is 11.2. The number of aryl methyl sites for hydroxylation is 2. The number of sulfone groups is 1.